The number of hydrogen-bond acceptors (Lipinski definition) is 4. The van der Waals surface area contributed by atoms with E-state index in [2.05, 4.69) is 95.6 Å². The molecule has 11 heteroatoms. The van der Waals surface area contributed by atoms with Crippen LogP contribution in [0, 0.1) is 12.8 Å². The third-order valence-electron chi connectivity index (χ3n) is 5.85. The second kappa shape index (κ2) is 21.2. The largest absolute Gasteiger partial charge is 0.408 e. The lowest BCUT2D eigenvalue weighted by Crippen LogP contribution is -2.32. The number of benzene rings is 2. The highest BCUT2D eigenvalue weighted by molar-refractivity contribution is 5.83. The fraction of sp³-hybridized carbons (Fsp3) is 0.485. The van der Waals surface area contributed by atoms with E-state index in [1.165, 1.54) is 23.3 Å². The summed E-state index contributed by atoms with van der Waals surface area (Å²) in [6, 6.07) is 14.8. The van der Waals surface area contributed by atoms with Gasteiger partial charge in [-0.25, -0.2) is 18.8 Å². The van der Waals surface area contributed by atoms with Gasteiger partial charge in [0.15, 0.2) is 0 Å². The summed E-state index contributed by atoms with van der Waals surface area (Å²) in [6.45, 7) is 25.8. The number of nitrogens with zero attached hydrogens (tertiary/aromatic N) is 4. The number of nitrogens with one attached hydrogen (secondary N) is 2. The van der Waals surface area contributed by atoms with Gasteiger partial charge in [-0.1, -0.05) is 68.5 Å². The Kier molecular flexibility index (Phi) is 19.4. The maximum Gasteiger partial charge on any atom is 0.408 e. The molecule has 2 aromatic rings. The fourth-order valence-electron chi connectivity index (χ4n) is 3.65. The van der Waals surface area contributed by atoms with Gasteiger partial charge >= 0.3 is 6.18 Å². The number of rotatable bonds is 13. The normalized spacial score (nSPS) is 11.5. The summed E-state index contributed by atoms with van der Waals surface area (Å²) in [5, 5.41) is 6.01. The summed E-state index contributed by atoms with van der Waals surface area (Å²) in [4.78, 5) is 12.7. The van der Waals surface area contributed by atoms with E-state index in [1.54, 1.807) is 26.0 Å². The summed E-state index contributed by atoms with van der Waals surface area (Å²) >= 11 is 0. The zero-order valence-electron chi connectivity index (χ0n) is 26.9. The van der Waals surface area contributed by atoms with E-state index < -0.39 is 18.6 Å². The third kappa shape index (κ3) is 18.8. The summed E-state index contributed by atoms with van der Waals surface area (Å²) in [7, 11) is 0. The first-order chi connectivity index (χ1) is 20.6. The molecule has 2 aromatic carbocycles. The molecular formula is C33H49F5N6. The molecule has 0 aliphatic carbocycles. The predicted octanol–water partition coefficient (Wildman–Crippen LogP) is 7.75. The van der Waals surface area contributed by atoms with Crippen molar-refractivity contribution in [3.63, 3.8) is 0 Å². The lowest BCUT2D eigenvalue weighted by atomic mass is 10.1. The Hall–Kier alpha value is -3.60. The average molecular weight is 625 g/mol. The maximum absolute atomic E-state index is 12.6. The molecule has 0 spiro atoms. The Labute approximate surface area is 260 Å². The predicted molar refractivity (Wildman–Crippen MR) is 176 cm³/mol. The molecule has 0 radical (unpaired) electrons. The van der Waals surface area contributed by atoms with Gasteiger partial charge in [-0.3, -0.25) is 4.99 Å². The molecule has 2 rings (SSSR count). The van der Waals surface area contributed by atoms with Crippen LogP contribution in [0.2, 0.25) is 0 Å². The first-order valence-corrected chi connectivity index (χ1v) is 14.5. The molecule has 0 aliphatic rings. The van der Waals surface area contributed by atoms with Gasteiger partial charge in [0.2, 0.25) is 5.96 Å². The topological polar surface area (TPSA) is 64.4 Å². The summed E-state index contributed by atoms with van der Waals surface area (Å²) in [6.07, 6.45) is -4.29. The molecule has 0 amide bonds. The zero-order chi connectivity index (χ0) is 33.8. The van der Waals surface area contributed by atoms with Crippen LogP contribution in [0.5, 0.6) is 0 Å². The third-order valence-corrected chi connectivity index (χ3v) is 5.85. The number of aryl methyl sites for hydroxylation is 1. The second-order valence-corrected chi connectivity index (χ2v) is 10.4. The Morgan fingerprint density at radius 2 is 1.66 bits per heavy atom. The first kappa shape index (κ1) is 40.4. The average Bonchev–Trinajstić information content (AvgIpc) is 2.95. The quantitative estimate of drug-likeness (QED) is 0.104. The van der Waals surface area contributed by atoms with Crippen LogP contribution in [0.25, 0.3) is 5.70 Å². The van der Waals surface area contributed by atoms with Crippen molar-refractivity contribution in [3.8, 4) is 0 Å². The number of alkyl halides is 5. The van der Waals surface area contributed by atoms with Gasteiger partial charge in [0, 0.05) is 44.4 Å². The molecule has 0 aliphatic heterocycles. The van der Waals surface area contributed by atoms with E-state index in [0.29, 0.717) is 19.0 Å². The van der Waals surface area contributed by atoms with Crippen LogP contribution in [0.3, 0.4) is 0 Å². The van der Waals surface area contributed by atoms with Crippen LogP contribution in [-0.2, 0) is 12.5 Å². The SMILES string of the molecule is C=NC(=NCC(F)(F)F)NCC.C=NCc1cccc(C(=C)N(CC)CCNCC(C)C)c1.Cc1cccc(C(C)(F)F)c1. The molecule has 0 unspecified atom stereocenters. The molecule has 6 nitrogen and oxygen atoms in total. The molecular weight excluding hydrogens is 575 g/mol. The van der Waals surface area contributed by atoms with E-state index in [-0.39, 0.29) is 11.5 Å². The Morgan fingerprint density at radius 1 is 1.00 bits per heavy atom. The van der Waals surface area contributed by atoms with Crippen LogP contribution in [0.15, 0.2) is 70.1 Å². The van der Waals surface area contributed by atoms with Gasteiger partial charge in [0.05, 0.1) is 6.54 Å². The highest BCUT2D eigenvalue weighted by atomic mass is 19.4. The van der Waals surface area contributed by atoms with Crippen molar-refractivity contribution in [2.24, 2.45) is 20.9 Å². The van der Waals surface area contributed by atoms with Crippen molar-refractivity contribution in [3.05, 3.63) is 77.4 Å². The van der Waals surface area contributed by atoms with Crippen LogP contribution < -0.4 is 10.6 Å². The Morgan fingerprint density at radius 3 is 2.14 bits per heavy atom. The molecule has 0 aromatic heterocycles. The van der Waals surface area contributed by atoms with E-state index >= 15 is 0 Å². The zero-order valence-corrected chi connectivity index (χ0v) is 26.9. The standard InChI is InChI=1S/C18H29N3.C9H10F2.C6H10F3N3/c1-6-21(11-10-20-13-15(2)3)16(4)18-9-7-8-17(12-18)14-19-5;1-7-4-3-5-8(6-7)9(2,10)11;1-3-11-5(10-2)12-4-6(7,8)9/h7-9,12,15,20H,4-6,10-11,13-14H2,1-3H3;3-6H,1-2H3;2-4H2,1H3,(H,11,12). The van der Waals surface area contributed by atoms with Crippen LogP contribution in [0.4, 0.5) is 22.0 Å². The molecule has 246 valence electrons. The molecule has 0 saturated heterocycles. The number of guanidine groups is 1. The lowest BCUT2D eigenvalue weighted by Gasteiger charge is -2.26. The molecule has 44 heavy (non-hydrogen) atoms. The summed E-state index contributed by atoms with van der Waals surface area (Å²) < 4.78 is 60.1. The van der Waals surface area contributed by atoms with Gasteiger partial charge in [-0.15, -0.1) is 0 Å². The molecule has 0 saturated carbocycles. The summed E-state index contributed by atoms with van der Waals surface area (Å²) in [5.41, 5.74) is 4.37. The van der Waals surface area contributed by atoms with E-state index in [9.17, 15) is 22.0 Å². The maximum atomic E-state index is 12.6. The first-order valence-electron chi connectivity index (χ1n) is 14.5. The highest BCUT2D eigenvalue weighted by Gasteiger charge is 2.26. The van der Waals surface area contributed by atoms with Gasteiger partial charge in [0.1, 0.15) is 6.54 Å². The monoisotopic (exact) mass is 624 g/mol. The number of hydrogen-bond donors (Lipinski definition) is 2. The van der Waals surface area contributed by atoms with Crippen molar-refractivity contribution < 1.29 is 22.0 Å². The van der Waals surface area contributed by atoms with Crippen LogP contribution >= 0.6 is 0 Å². The number of aliphatic imine (C=N–C) groups is 3. The van der Waals surface area contributed by atoms with Crippen LogP contribution in [0.1, 0.15) is 56.9 Å². The van der Waals surface area contributed by atoms with Crippen molar-refractivity contribution in [2.75, 3.05) is 39.3 Å². The van der Waals surface area contributed by atoms with Gasteiger partial charge in [-0.2, -0.15) is 13.2 Å². The second-order valence-electron chi connectivity index (χ2n) is 10.4. The highest BCUT2D eigenvalue weighted by Crippen LogP contribution is 2.27. The minimum absolute atomic E-state index is 0.0742. The lowest BCUT2D eigenvalue weighted by molar-refractivity contribution is -0.118. The Bertz CT molecular complexity index is 1160. The van der Waals surface area contributed by atoms with Crippen molar-refractivity contribution in [1.29, 1.82) is 0 Å². The van der Waals surface area contributed by atoms with E-state index in [0.717, 1.165) is 44.4 Å². The molecule has 2 N–H and O–H groups in total. The molecule has 0 fully saturated rings. The van der Waals surface area contributed by atoms with Crippen LogP contribution in [-0.4, -0.2) is 69.7 Å². The number of halogens is 5. The van der Waals surface area contributed by atoms with Crippen molar-refractivity contribution in [2.45, 2.75) is 60.2 Å². The summed E-state index contributed by atoms with van der Waals surface area (Å²) in [5.74, 6) is -2.10. The Balaban J connectivity index is 0.000000684. The van der Waals surface area contributed by atoms with E-state index in [1.807, 2.05) is 0 Å². The molecule has 0 atom stereocenters. The van der Waals surface area contributed by atoms with Crippen molar-refractivity contribution >= 4 is 25.1 Å². The van der Waals surface area contributed by atoms with Gasteiger partial charge < -0.3 is 15.5 Å². The smallest absolute Gasteiger partial charge is 0.371 e. The fourth-order valence-corrected chi connectivity index (χ4v) is 3.65. The minimum atomic E-state index is -4.29. The van der Waals surface area contributed by atoms with Gasteiger partial charge in [0.25, 0.3) is 5.92 Å². The van der Waals surface area contributed by atoms with E-state index in [4.69, 9.17) is 0 Å². The molecule has 0 heterocycles. The number of likely N-dealkylation sites (N-methyl/N-ethyl adjacent to an activating group) is 1. The minimum Gasteiger partial charge on any atom is -0.371 e. The molecule has 0 bridgehead atoms. The van der Waals surface area contributed by atoms with Crippen molar-refractivity contribution in [1.82, 2.24) is 15.5 Å². The van der Waals surface area contributed by atoms with Gasteiger partial charge in [-0.05, 0) is 63.9 Å².